The van der Waals surface area contributed by atoms with Crippen molar-refractivity contribution in [1.29, 1.82) is 0 Å². The van der Waals surface area contributed by atoms with E-state index in [9.17, 15) is 14.9 Å². The number of non-ortho nitro benzene ring substituents is 1. The van der Waals surface area contributed by atoms with E-state index in [4.69, 9.17) is 5.21 Å². The van der Waals surface area contributed by atoms with Crippen LogP contribution in [0, 0.1) is 10.1 Å². The van der Waals surface area contributed by atoms with Gasteiger partial charge in [0.25, 0.3) is 5.69 Å². The summed E-state index contributed by atoms with van der Waals surface area (Å²) >= 11 is 0. The van der Waals surface area contributed by atoms with Crippen molar-refractivity contribution >= 4 is 18.2 Å². The molecule has 14 heavy (non-hydrogen) atoms. The zero-order valence-corrected chi connectivity index (χ0v) is 6.95. The maximum Gasteiger partial charge on any atom is 0.270 e. The predicted molar refractivity (Wildman–Crippen MR) is 47.9 cm³/mol. The lowest BCUT2D eigenvalue weighted by Gasteiger charge is -1.95. The number of aldehydes is 1. The van der Waals surface area contributed by atoms with Gasteiger partial charge in [0.15, 0.2) is 0 Å². The first kappa shape index (κ1) is 9.85. The third-order valence-corrected chi connectivity index (χ3v) is 1.52. The normalized spacial score (nSPS) is 10.3. The minimum Gasteiger partial charge on any atom is -0.411 e. The van der Waals surface area contributed by atoms with Crippen molar-refractivity contribution in [2.24, 2.45) is 5.16 Å². The predicted octanol–water partition coefficient (Wildman–Crippen LogP) is 1.22. The van der Waals surface area contributed by atoms with Gasteiger partial charge in [-0.1, -0.05) is 5.16 Å². The van der Waals surface area contributed by atoms with Crippen molar-refractivity contribution in [3.05, 3.63) is 39.4 Å². The zero-order chi connectivity index (χ0) is 10.6. The van der Waals surface area contributed by atoms with E-state index in [2.05, 4.69) is 5.16 Å². The van der Waals surface area contributed by atoms with Crippen molar-refractivity contribution in [1.82, 2.24) is 0 Å². The Kier molecular flexibility index (Phi) is 2.90. The van der Waals surface area contributed by atoms with Gasteiger partial charge < -0.3 is 5.21 Å². The first-order chi connectivity index (χ1) is 6.67. The number of benzene rings is 1. The molecule has 0 atom stereocenters. The van der Waals surface area contributed by atoms with Gasteiger partial charge in [-0.05, 0) is 6.07 Å². The first-order valence-corrected chi connectivity index (χ1v) is 3.59. The fourth-order valence-electron chi connectivity index (χ4n) is 0.974. The van der Waals surface area contributed by atoms with E-state index in [-0.39, 0.29) is 11.3 Å². The average Bonchev–Trinajstić information content (AvgIpc) is 2.17. The molecule has 0 aliphatic rings. The molecule has 0 saturated heterocycles. The molecule has 1 N–H and O–H groups in total. The monoisotopic (exact) mass is 194 g/mol. The Morgan fingerprint density at radius 2 is 2.00 bits per heavy atom. The summed E-state index contributed by atoms with van der Waals surface area (Å²) in [4.78, 5) is 20.2. The summed E-state index contributed by atoms with van der Waals surface area (Å²) in [5.41, 5.74) is 0.238. The zero-order valence-electron chi connectivity index (χ0n) is 6.95. The molecule has 0 amide bonds. The van der Waals surface area contributed by atoms with E-state index in [0.29, 0.717) is 11.8 Å². The van der Waals surface area contributed by atoms with Crippen LogP contribution in [0.15, 0.2) is 23.4 Å². The van der Waals surface area contributed by atoms with Gasteiger partial charge in [0, 0.05) is 23.3 Å². The third kappa shape index (κ3) is 2.13. The largest absolute Gasteiger partial charge is 0.411 e. The molecule has 1 aromatic carbocycles. The summed E-state index contributed by atoms with van der Waals surface area (Å²) in [6, 6.07) is 3.72. The molecule has 0 aromatic heterocycles. The maximum absolute atomic E-state index is 10.4. The minimum atomic E-state index is -0.623. The average molecular weight is 194 g/mol. The quantitative estimate of drug-likeness (QED) is 0.257. The second-order valence-electron chi connectivity index (χ2n) is 2.48. The highest BCUT2D eigenvalue weighted by Crippen LogP contribution is 2.14. The molecule has 0 spiro atoms. The van der Waals surface area contributed by atoms with Crippen LogP contribution in [0.2, 0.25) is 0 Å². The molecule has 0 radical (unpaired) electrons. The molecule has 6 nitrogen and oxygen atoms in total. The molecule has 0 aliphatic heterocycles. The van der Waals surface area contributed by atoms with Crippen LogP contribution in [0.25, 0.3) is 0 Å². The fourth-order valence-corrected chi connectivity index (χ4v) is 0.974. The summed E-state index contributed by atoms with van der Waals surface area (Å²) in [7, 11) is 0. The molecule has 6 heteroatoms. The molecule has 72 valence electrons. The molecule has 1 rings (SSSR count). The SMILES string of the molecule is O=Cc1cc(C=NO)cc([N+](=O)[O-])c1. The molecule has 0 bridgehead atoms. The van der Waals surface area contributed by atoms with Gasteiger partial charge in [-0.2, -0.15) is 0 Å². The lowest BCUT2D eigenvalue weighted by molar-refractivity contribution is -0.384. The van der Waals surface area contributed by atoms with Gasteiger partial charge in [0.05, 0.1) is 11.1 Å². The Hall–Kier alpha value is -2.24. The number of hydrogen-bond acceptors (Lipinski definition) is 5. The number of oxime groups is 1. The van der Waals surface area contributed by atoms with Gasteiger partial charge in [-0.15, -0.1) is 0 Å². The number of nitro groups is 1. The highest BCUT2D eigenvalue weighted by molar-refractivity contribution is 5.85. The molecule has 0 aliphatic carbocycles. The molecule has 0 heterocycles. The Bertz CT molecular complexity index is 400. The van der Waals surface area contributed by atoms with E-state index >= 15 is 0 Å². The number of carbonyl (C=O) groups is 1. The van der Waals surface area contributed by atoms with E-state index < -0.39 is 4.92 Å². The van der Waals surface area contributed by atoms with Crippen LogP contribution in [0.3, 0.4) is 0 Å². The number of carbonyl (C=O) groups excluding carboxylic acids is 1. The maximum atomic E-state index is 10.4. The van der Waals surface area contributed by atoms with Crippen molar-refractivity contribution in [2.45, 2.75) is 0 Å². The Morgan fingerprint density at radius 3 is 2.50 bits per heavy atom. The number of hydrogen-bond donors (Lipinski definition) is 1. The van der Waals surface area contributed by atoms with E-state index in [0.717, 1.165) is 12.3 Å². The molecular formula is C8H6N2O4. The van der Waals surface area contributed by atoms with Crippen LogP contribution in [0.5, 0.6) is 0 Å². The molecular weight excluding hydrogens is 188 g/mol. The van der Waals surface area contributed by atoms with Crippen LogP contribution < -0.4 is 0 Å². The van der Waals surface area contributed by atoms with Crippen LogP contribution in [-0.2, 0) is 0 Å². The lowest BCUT2D eigenvalue weighted by atomic mass is 10.1. The van der Waals surface area contributed by atoms with E-state index in [1.54, 1.807) is 0 Å². The van der Waals surface area contributed by atoms with Crippen molar-refractivity contribution < 1.29 is 14.9 Å². The summed E-state index contributed by atoms with van der Waals surface area (Å²) in [5, 5.41) is 21.4. The first-order valence-electron chi connectivity index (χ1n) is 3.59. The van der Waals surface area contributed by atoms with Gasteiger partial charge in [0.2, 0.25) is 0 Å². The second kappa shape index (κ2) is 4.13. The van der Waals surface area contributed by atoms with Gasteiger partial charge >= 0.3 is 0 Å². The van der Waals surface area contributed by atoms with Crippen LogP contribution in [0.4, 0.5) is 5.69 Å². The van der Waals surface area contributed by atoms with Crippen molar-refractivity contribution in [3.63, 3.8) is 0 Å². The van der Waals surface area contributed by atoms with Crippen molar-refractivity contribution in [2.75, 3.05) is 0 Å². The second-order valence-corrected chi connectivity index (χ2v) is 2.48. The van der Waals surface area contributed by atoms with E-state index in [1.807, 2.05) is 0 Å². The Morgan fingerprint density at radius 1 is 1.36 bits per heavy atom. The topological polar surface area (TPSA) is 92.8 Å². The van der Waals surface area contributed by atoms with Gasteiger partial charge in [-0.25, -0.2) is 0 Å². The lowest BCUT2D eigenvalue weighted by Crippen LogP contribution is -1.93. The number of rotatable bonds is 3. The number of nitrogens with zero attached hydrogens (tertiary/aromatic N) is 2. The minimum absolute atomic E-state index is 0.161. The Balaban J connectivity index is 3.26. The van der Waals surface area contributed by atoms with Crippen molar-refractivity contribution in [3.8, 4) is 0 Å². The fraction of sp³-hybridized carbons (Fsp3) is 0. The summed E-state index contributed by atoms with van der Waals surface area (Å²) in [5.74, 6) is 0. The third-order valence-electron chi connectivity index (χ3n) is 1.52. The molecule has 0 saturated carbocycles. The molecule has 1 aromatic rings. The highest BCUT2D eigenvalue weighted by atomic mass is 16.6. The highest BCUT2D eigenvalue weighted by Gasteiger charge is 2.08. The Labute approximate surface area is 78.6 Å². The standard InChI is InChI=1S/C8H6N2O4/c11-5-7-1-6(4-9-12)2-8(3-7)10(13)14/h1-5,12H. The van der Waals surface area contributed by atoms with E-state index in [1.165, 1.54) is 12.1 Å². The van der Waals surface area contributed by atoms with Crippen LogP contribution in [-0.4, -0.2) is 22.6 Å². The van der Waals surface area contributed by atoms with Gasteiger partial charge in [-0.3, -0.25) is 14.9 Å². The van der Waals surface area contributed by atoms with Crippen LogP contribution >= 0.6 is 0 Å². The van der Waals surface area contributed by atoms with Gasteiger partial charge in [0.1, 0.15) is 6.29 Å². The smallest absolute Gasteiger partial charge is 0.270 e. The molecule has 0 unspecified atom stereocenters. The summed E-state index contributed by atoms with van der Waals surface area (Å²) in [6.07, 6.45) is 1.50. The summed E-state index contributed by atoms with van der Waals surface area (Å²) in [6.45, 7) is 0. The summed E-state index contributed by atoms with van der Waals surface area (Å²) < 4.78 is 0. The van der Waals surface area contributed by atoms with Crippen LogP contribution in [0.1, 0.15) is 15.9 Å². The molecule has 0 fully saturated rings. The number of nitro benzene ring substituents is 1.